The summed E-state index contributed by atoms with van der Waals surface area (Å²) in [6.07, 6.45) is 0. The second-order valence-electron chi connectivity index (χ2n) is 4.46. The molecule has 0 saturated heterocycles. The summed E-state index contributed by atoms with van der Waals surface area (Å²) < 4.78 is 6.43. The van der Waals surface area contributed by atoms with Crippen LogP contribution in [0.1, 0.15) is 21.5 Å². The van der Waals surface area contributed by atoms with Crippen molar-refractivity contribution >= 4 is 21.7 Å². The first-order valence-corrected chi connectivity index (χ1v) is 6.85. The molecule has 0 bridgehead atoms. The van der Waals surface area contributed by atoms with E-state index in [4.69, 9.17) is 4.74 Å². The Bertz CT molecular complexity index is 605. The molecule has 2 rings (SSSR count). The number of Topliss-reactive ketones (excluding diaryl/α,β-unsaturated/α-hetero) is 1. The van der Waals surface area contributed by atoms with Gasteiger partial charge in [-0.25, -0.2) is 0 Å². The third-order valence-electron chi connectivity index (χ3n) is 2.89. The molecule has 2 aromatic rings. The Kier molecular flexibility index (Phi) is 4.38. The van der Waals surface area contributed by atoms with Gasteiger partial charge in [0.05, 0.1) is 4.47 Å². The van der Waals surface area contributed by atoms with Crippen LogP contribution in [-0.2, 0) is 0 Å². The first-order chi connectivity index (χ1) is 9.08. The number of rotatable bonds is 4. The van der Waals surface area contributed by atoms with Crippen LogP contribution >= 0.6 is 15.9 Å². The first-order valence-electron chi connectivity index (χ1n) is 6.05. The summed E-state index contributed by atoms with van der Waals surface area (Å²) in [6, 6.07) is 13.3. The molecule has 0 saturated carbocycles. The van der Waals surface area contributed by atoms with E-state index in [0.717, 1.165) is 15.6 Å². The Labute approximate surface area is 121 Å². The molecule has 3 heteroatoms. The molecule has 0 aromatic heterocycles. The number of halogens is 1. The first kappa shape index (κ1) is 13.8. The predicted octanol–water partition coefficient (Wildman–Crippen LogP) is 4.33. The van der Waals surface area contributed by atoms with Crippen LogP contribution in [0.4, 0.5) is 0 Å². The number of aryl methyl sites for hydroxylation is 2. The number of ether oxygens (including phenoxy) is 1. The van der Waals surface area contributed by atoms with Gasteiger partial charge in [0, 0.05) is 5.56 Å². The van der Waals surface area contributed by atoms with Crippen LogP contribution in [0.2, 0.25) is 0 Å². The zero-order valence-corrected chi connectivity index (χ0v) is 12.5. The van der Waals surface area contributed by atoms with E-state index in [1.165, 1.54) is 0 Å². The molecule has 98 valence electrons. The van der Waals surface area contributed by atoms with E-state index >= 15 is 0 Å². The monoisotopic (exact) mass is 318 g/mol. The van der Waals surface area contributed by atoms with Gasteiger partial charge >= 0.3 is 0 Å². The maximum atomic E-state index is 12.1. The van der Waals surface area contributed by atoms with Gasteiger partial charge in [-0.15, -0.1) is 0 Å². The van der Waals surface area contributed by atoms with E-state index in [1.54, 1.807) is 0 Å². The van der Waals surface area contributed by atoms with Crippen molar-refractivity contribution in [2.45, 2.75) is 13.8 Å². The van der Waals surface area contributed by atoms with Crippen molar-refractivity contribution in [3.63, 3.8) is 0 Å². The van der Waals surface area contributed by atoms with Crippen molar-refractivity contribution in [3.05, 3.63) is 63.6 Å². The summed E-state index contributed by atoms with van der Waals surface area (Å²) in [4.78, 5) is 12.1. The Balaban J connectivity index is 2.07. The number of carbonyl (C=O) groups is 1. The van der Waals surface area contributed by atoms with Crippen LogP contribution < -0.4 is 4.74 Å². The molecule has 0 heterocycles. The van der Waals surface area contributed by atoms with Gasteiger partial charge in [0.2, 0.25) is 0 Å². The third kappa shape index (κ3) is 3.44. The van der Waals surface area contributed by atoms with Crippen molar-refractivity contribution in [2.75, 3.05) is 6.61 Å². The summed E-state index contributed by atoms with van der Waals surface area (Å²) in [7, 11) is 0. The highest BCUT2D eigenvalue weighted by Gasteiger charge is 2.10. The molecular weight excluding hydrogens is 304 g/mol. The van der Waals surface area contributed by atoms with E-state index in [1.807, 2.05) is 56.3 Å². The molecule has 0 aliphatic rings. The highest BCUT2D eigenvalue weighted by atomic mass is 79.9. The fourth-order valence-electron chi connectivity index (χ4n) is 1.83. The minimum absolute atomic E-state index is 0.00873. The Hall–Kier alpha value is -1.61. The fourth-order valence-corrected chi connectivity index (χ4v) is 2.44. The molecule has 0 N–H and O–H groups in total. The largest absolute Gasteiger partial charge is 0.484 e. The SMILES string of the molecule is Cc1ccc(OCC(=O)c2ccccc2C)c(Br)c1. The van der Waals surface area contributed by atoms with Gasteiger partial charge in [-0.05, 0) is 53.0 Å². The predicted molar refractivity (Wildman–Crippen MR) is 79.9 cm³/mol. The van der Waals surface area contributed by atoms with Crippen LogP contribution in [0, 0.1) is 13.8 Å². The lowest BCUT2D eigenvalue weighted by atomic mass is 10.1. The normalized spacial score (nSPS) is 10.3. The number of carbonyl (C=O) groups excluding carboxylic acids is 1. The molecular formula is C16H15BrO2. The molecule has 0 radical (unpaired) electrons. The fraction of sp³-hybridized carbons (Fsp3) is 0.188. The van der Waals surface area contributed by atoms with Crippen LogP contribution in [0.3, 0.4) is 0 Å². The standard InChI is InChI=1S/C16H15BrO2/c1-11-7-8-16(14(17)9-11)19-10-15(18)13-6-4-3-5-12(13)2/h3-9H,10H2,1-2H3. The van der Waals surface area contributed by atoms with E-state index in [2.05, 4.69) is 15.9 Å². The summed E-state index contributed by atoms with van der Waals surface area (Å²) >= 11 is 3.43. The molecule has 0 atom stereocenters. The quantitative estimate of drug-likeness (QED) is 0.784. The Morgan fingerprint density at radius 2 is 1.89 bits per heavy atom. The number of hydrogen-bond donors (Lipinski definition) is 0. The summed E-state index contributed by atoms with van der Waals surface area (Å²) in [5.74, 6) is 0.679. The Morgan fingerprint density at radius 1 is 1.16 bits per heavy atom. The van der Waals surface area contributed by atoms with Crippen molar-refractivity contribution < 1.29 is 9.53 Å². The number of hydrogen-bond acceptors (Lipinski definition) is 2. The van der Waals surface area contributed by atoms with Crippen molar-refractivity contribution in [2.24, 2.45) is 0 Å². The Morgan fingerprint density at radius 3 is 2.58 bits per heavy atom. The van der Waals surface area contributed by atoms with E-state index in [-0.39, 0.29) is 12.4 Å². The molecule has 19 heavy (non-hydrogen) atoms. The highest BCUT2D eigenvalue weighted by Crippen LogP contribution is 2.25. The molecule has 2 aromatic carbocycles. The van der Waals surface area contributed by atoms with Gasteiger partial charge in [0.15, 0.2) is 12.4 Å². The zero-order chi connectivity index (χ0) is 13.8. The number of benzene rings is 2. The van der Waals surface area contributed by atoms with E-state index in [9.17, 15) is 4.79 Å². The highest BCUT2D eigenvalue weighted by molar-refractivity contribution is 9.10. The van der Waals surface area contributed by atoms with Crippen molar-refractivity contribution in [3.8, 4) is 5.75 Å². The maximum Gasteiger partial charge on any atom is 0.200 e. The van der Waals surface area contributed by atoms with Crippen LogP contribution in [-0.4, -0.2) is 12.4 Å². The van der Waals surface area contributed by atoms with E-state index < -0.39 is 0 Å². The molecule has 0 spiro atoms. The molecule has 0 amide bonds. The van der Waals surface area contributed by atoms with Crippen molar-refractivity contribution in [1.29, 1.82) is 0 Å². The van der Waals surface area contributed by atoms with Gasteiger partial charge in [-0.2, -0.15) is 0 Å². The molecule has 0 fully saturated rings. The van der Waals surface area contributed by atoms with Gasteiger partial charge in [0.25, 0.3) is 0 Å². The molecule has 0 unspecified atom stereocenters. The van der Waals surface area contributed by atoms with E-state index in [0.29, 0.717) is 11.3 Å². The zero-order valence-electron chi connectivity index (χ0n) is 10.9. The van der Waals surface area contributed by atoms with Gasteiger partial charge < -0.3 is 4.74 Å². The maximum absolute atomic E-state index is 12.1. The number of ketones is 1. The van der Waals surface area contributed by atoms with Crippen LogP contribution in [0.25, 0.3) is 0 Å². The lowest BCUT2D eigenvalue weighted by Crippen LogP contribution is -2.13. The second kappa shape index (κ2) is 6.02. The summed E-state index contributed by atoms with van der Waals surface area (Å²) in [6.45, 7) is 3.98. The topological polar surface area (TPSA) is 26.3 Å². The third-order valence-corrected chi connectivity index (χ3v) is 3.51. The lowest BCUT2D eigenvalue weighted by molar-refractivity contribution is 0.0920. The van der Waals surface area contributed by atoms with Crippen LogP contribution in [0.5, 0.6) is 5.75 Å². The summed E-state index contributed by atoms with van der Waals surface area (Å²) in [5.41, 5.74) is 2.83. The summed E-state index contributed by atoms with van der Waals surface area (Å²) in [5, 5.41) is 0. The smallest absolute Gasteiger partial charge is 0.200 e. The average Bonchev–Trinajstić information content (AvgIpc) is 2.38. The van der Waals surface area contributed by atoms with Crippen LogP contribution in [0.15, 0.2) is 46.9 Å². The van der Waals surface area contributed by atoms with Gasteiger partial charge in [0.1, 0.15) is 5.75 Å². The lowest BCUT2D eigenvalue weighted by Gasteiger charge is -2.09. The second-order valence-corrected chi connectivity index (χ2v) is 5.31. The van der Waals surface area contributed by atoms with Crippen molar-refractivity contribution in [1.82, 2.24) is 0 Å². The molecule has 2 nitrogen and oxygen atoms in total. The van der Waals surface area contributed by atoms with Gasteiger partial charge in [-0.1, -0.05) is 30.3 Å². The molecule has 0 aliphatic carbocycles. The minimum atomic E-state index is -0.00873. The minimum Gasteiger partial charge on any atom is -0.484 e. The molecule has 0 aliphatic heterocycles. The average molecular weight is 319 g/mol. The van der Waals surface area contributed by atoms with Gasteiger partial charge in [-0.3, -0.25) is 4.79 Å².